The number of nitrogens with one attached hydrogen (secondary N) is 1. The maximum absolute atomic E-state index is 4.79. The van der Waals surface area contributed by atoms with E-state index in [2.05, 4.69) is 18.1 Å². The molecule has 0 aromatic heterocycles. The number of nitrogens with two attached hydrogens (primary N) is 2. The maximum atomic E-state index is 4.79. The molecular formula is CH8AlN3S. The summed E-state index contributed by atoms with van der Waals surface area (Å²) in [7, 11) is 0. The Kier molecular flexibility index (Phi) is 8.20. The lowest BCUT2D eigenvalue weighted by atomic mass is 11.2. The van der Waals surface area contributed by atoms with Crippen molar-refractivity contribution in [3.63, 3.8) is 0 Å². The highest BCUT2D eigenvalue weighted by Gasteiger charge is 1.66. The number of hydrogen-bond acceptors (Lipinski definition) is 2. The number of rotatable bonds is 0. The molecule has 0 aliphatic rings. The maximum Gasteiger partial charge on any atom is 0.187 e. The molecule has 6 heavy (non-hydrogen) atoms. The van der Waals surface area contributed by atoms with Gasteiger partial charge in [-0.25, -0.2) is 5.84 Å². The predicted octanol–water partition coefficient (Wildman–Crippen LogP) is -2.49. The molecule has 0 heterocycles. The van der Waals surface area contributed by atoms with Crippen LogP contribution in [0, 0.1) is 0 Å². The second-order valence-corrected chi connectivity index (χ2v) is 0.948. The first-order valence-electron chi connectivity index (χ1n) is 1.03. The minimum Gasteiger partial charge on any atom is -0.375 e. The first-order chi connectivity index (χ1) is 2.27. The molecule has 0 saturated carbocycles. The van der Waals surface area contributed by atoms with Gasteiger partial charge in [-0.3, -0.25) is 0 Å². The summed E-state index contributed by atoms with van der Waals surface area (Å²) in [6, 6.07) is 0. The Morgan fingerprint density at radius 2 is 1.83 bits per heavy atom. The molecule has 0 spiro atoms. The molecule has 0 aliphatic carbocycles. The van der Waals surface area contributed by atoms with Gasteiger partial charge in [0.25, 0.3) is 0 Å². The normalized spacial score (nSPS) is 5.50. The van der Waals surface area contributed by atoms with Gasteiger partial charge >= 0.3 is 0 Å². The highest BCUT2D eigenvalue weighted by molar-refractivity contribution is 7.80. The Bertz CT molecular complexity index is 46.1. The van der Waals surface area contributed by atoms with Crippen LogP contribution in [0.25, 0.3) is 0 Å². The SMILES string of the molecule is NNC(N)=S.[AlH3]. The lowest BCUT2D eigenvalue weighted by Gasteiger charge is -1.85. The molecule has 5 N–H and O–H groups in total. The second kappa shape index (κ2) is 5.18. The summed E-state index contributed by atoms with van der Waals surface area (Å²) in [6.07, 6.45) is 0. The van der Waals surface area contributed by atoms with E-state index in [0.717, 1.165) is 0 Å². The van der Waals surface area contributed by atoms with Crippen LogP contribution in [0.4, 0.5) is 0 Å². The van der Waals surface area contributed by atoms with E-state index < -0.39 is 0 Å². The van der Waals surface area contributed by atoms with Gasteiger partial charge in [0.05, 0.1) is 0 Å². The summed E-state index contributed by atoms with van der Waals surface area (Å²) in [5.41, 5.74) is 6.82. The Morgan fingerprint density at radius 1 is 1.67 bits per heavy atom. The molecule has 0 bridgehead atoms. The number of hydrazine groups is 1. The highest BCUT2D eigenvalue weighted by atomic mass is 32.1. The lowest BCUT2D eigenvalue weighted by molar-refractivity contribution is 1.03. The molecule has 0 atom stereocenters. The molecule has 0 amide bonds. The van der Waals surface area contributed by atoms with Crippen LogP contribution >= 0.6 is 12.2 Å². The Balaban J connectivity index is 0. The Labute approximate surface area is 52.2 Å². The topological polar surface area (TPSA) is 64.1 Å². The molecule has 0 saturated heterocycles. The van der Waals surface area contributed by atoms with Gasteiger partial charge in [-0.2, -0.15) is 0 Å². The molecule has 36 valence electrons. The van der Waals surface area contributed by atoms with E-state index in [1.807, 2.05) is 5.43 Å². The third kappa shape index (κ3) is 8.89. The van der Waals surface area contributed by atoms with Crippen molar-refractivity contribution in [1.29, 1.82) is 0 Å². The van der Waals surface area contributed by atoms with Crippen LogP contribution in [0.15, 0.2) is 0 Å². The van der Waals surface area contributed by atoms with E-state index >= 15 is 0 Å². The van der Waals surface area contributed by atoms with Gasteiger partial charge in [0.15, 0.2) is 22.5 Å². The zero-order chi connectivity index (χ0) is 4.28. The fourth-order valence-electron chi connectivity index (χ4n) is 0. The second-order valence-electron chi connectivity index (χ2n) is 0.509. The van der Waals surface area contributed by atoms with Crippen LogP contribution < -0.4 is 17.0 Å². The van der Waals surface area contributed by atoms with Crippen LogP contribution in [-0.4, -0.2) is 22.5 Å². The molecule has 0 aliphatic heterocycles. The summed E-state index contributed by atoms with van der Waals surface area (Å²) < 4.78 is 0. The predicted molar refractivity (Wildman–Crippen MR) is 34.0 cm³/mol. The van der Waals surface area contributed by atoms with Gasteiger partial charge in [0.1, 0.15) is 0 Å². The summed E-state index contributed by atoms with van der Waals surface area (Å²) in [4.78, 5) is 0. The molecule has 0 unspecified atom stereocenters. The van der Waals surface area contributed by atoms with Crippen LogP contribution in [0.2, 0.25) is 0 Å². The molecular weight excluding hydrogens is 113 g/mol. The lowest BCUT2D eigenvalue weighted by Crippen LogP contribution is -2.34. The quantitative estimate of drug-likeness (QED) is 0.144. The number of hydrogen-bond donors (Lipinski definition) is 3. The van der Waals surface area contributed by atoms with E-state index in [0.29, 0.717) is 0 Å². The summed E-state index contributed by atoms with van der Waals surface area (Å²) in [6.45, 7) is 0. The van der Waals surface area contributed by atoms with Crippen molar-refractivity contribution in [2.75, 3.05) is 0 Å². The van der Waals surface area contributed by atoms with E-state index in [1.165, 1.54) is 0 Å². The van der Waals surface area contributed by atoms with E-state index in [-0.39, 0.29) is 22.5 Å². The third-order valence-electron chi connectivity index (χ3n) is 0.142. The minimum absolute atomic E-state index is 0. The van der Waals surface area contributed by atoms with Crippen molar-refractivity contribution in [3.05, 3.63) is 0 Å². The average molecular weight is 121 g/mol. The zero-order valence-corrected chi connectivity index (χ0v) is 3.38. The fourth-order valence-corrected chi connectivity index (χ4v) is 0. The third-order valence-corrected chi connectivity index (χ3v) is 0.260. The van der Waals surface area contributed by atoms with Crippen LogP contribution in [0.1, 0.15) is 0 Å². The van der Waals surface area contributed by atoms with Crippen LogP contribution in [0.3, 0.4) is 0 Å². The molecule has 0 aromatic rings. The van der Waals surface area contributed by atoms with Crippen molar-refractivity contribution >= 4 is 34.7 Å². The fraction of sp³-hybridized carbons (Fsp3) is 0. The average Bonchev–Trinajstić information content (AvgIpc) is 1.38. The van der Waals surface area contributed by atoms with Gasteiger partial charge in [0.2, 0.25) is 0 Å². The Morgan fingerprint density at radius 3 is 1.83 bits per heavy atom. The molecule has 0 fully saturated rings. The van der Waals surface area contributed by atoms with E-state index in [1.54, 1.807) is 0 Å². The van der Waals surface area contributed by atoms with Crippen molar-refractivity contribution in [2.24, 2.45) is 11.6 Å². The van der Waals surface area contributed by atoms with Gasteiger partial charge in [-0.15, -0.1) is 0 Å². The summed E-state index contributed by atoms with van der Waals surface area (Å²) in [5.74, 6) is 4.66. The minimum atomic E-state index is 0. The Hall–Kier alpha value is 0.182. The van der Waals surface area contributed by atoms with Crippen molar-refractivity contribution in [2.45, 2.75) is 0 Å². The largest absolute Gasteiger partial charge is 0.375 e. The summed E-state index contributed by atoms with van der Waals surface area (Å²) >= 11 is 4.24. The number of thiocarbonyl (C=S) groups is 1. The van der Waals surface area contributed by atoms with Crippen molar-refractivity contribution in [3.8, 4) is 0 Å². The van der Waals surface area contributed by atoms with Crippen molar-refractivity contribution in [1.82, 2.24) is 5.43 Å². The molecule has 3 nitrogen and oxygen atoms in total. The molecule has 0 rings (SSSR count). The standard InChI is InChI=1S/CH5N3S.Al.3H/c2-1(5)4-3;;;;/h3H2,(H3,2,4,5);;;;. The van der Waals surface area contributed by atoms with E-state index in [9.17, 15) is 0 Å². The van der Waals surface area contributed by atoms with E-state index in [4.69, 9.17) is 5.73 Å². The summed E-state index contributed by atoms with van der Waals surface area (Å²) in [5, 5.41) is 0.116. The van der Waals surface area contributed by atoms with Gasteiger partial charge in [-0.1, -0.05) is 0 Å². The first kappa shape index (κ1) is 9.49. The molecule has 0 aromatic carbocycles. The first-order valence-corrected chi connectivity index (χ1v) is 1.44. The zero-order valence-electron chi connectivity index (χ0n) is 2.56. The van der Waals surface area contributed by atoms with Gasteiger partial charge < -0.3 is 11.2 Å². The van der Waals surface area contributed by atoms with Crippen molar-refractivity contribution < 1.29 is 0 Å². The highest BCUT2D eigenvalue weighted by Crippen LogP contribution is 1.40. The smallest absolute Gasteiger partial charge is 0.187 e. The van der Waals surface area contributed by atoms with Gasteiger partial charge in [0, 0.05) is 0 Å². The monoisotopic (exact) mass is 121 g/mol. The molecule has 0 radical (unpaired) electrons. The van der Waals surface area contributed by atoms with Gasteiger partial charge in [-0.05, 0) is 12.2 Å². The van der Waals surface area contributed by atoms with Crippen LogP contribution in [0.5, 0.6) is 0 Å². The molecule has 5 heteroatoms. The van der Waals surface area contributed by atoms with Crippen LogP contribution in [-0.2, 0) is 0 Å².